The maximum absolute atomic E-state index is 11.3. The molecule has 0 spiro atoms. The van der Waals surface area contributed by atoms with Crippen LogP contribution in [-0.4, -0.2) is 8.42 Å². The predicted octanol–water partition coefficient (Wildman–Crippen LogP) is 2.81. The zero-order valence-electron chi connectivity index (χ0n) is 7.79. The molecule has 0 amide bonds. The zero-order valence-corrected chi connectivity index (χ0v) is 10.9. The van der Waals surface area contributed by atoms with Crippen molar-refractivity contribution in [2.45, 2.75) is 18.2 Å². The summed E-state index contributed by atoms with van der Waals surface area (Å²) >= 11 is 3.08. The van der Waals surface area contributed by atoms with E-state index in [9.17, 15) is 8.42 Å². The normalized spacial score (nSPS) is 11.1. The van der Waals surface area contributed by atoms with Crippen molar-refractivity contribution in [3.8, 4) is 6.07 Å². The fraction of sp³-hybridized carbons (Fsp3) is 0.222. The van der Waals surface area contributed by atoms with Crippen LogP contribution in [0.25, 0.3) is 0 Å². The predicted molar refractivity (Wildman–Crippen MR) is 61.3 cm³/mol. The Hall–Kier alpha value is -0.570. The second kappa shape index (κ2) is 4.52. The lowest BCUT2D eigenvalue weighted by Crippen LogP contribution is -2.00. The molecule has 15 heavy (non-hydrogen) atoms. The summed E-state index contributed by atoms with van der Waals surface area (Å²) in [5.41, 5.74) is 0.849. The minimum absolute atomic E-state index is 0.00860. The van der Waals surface area contributed by atoms with Gasteiger partial charge in [-0.05, 0) is 34.0 Å². The fourth-order valence-corrected chi connectivity index (χ4v) is 4.00. The molecular weight excluding hydrogens is 302 g/mol. The molecule has 80 valence electrons. The van der Waals surface area contributed by atoms with Crippen molar-refractivity contribution >= 4 is 35.7 Å². The Morgan fingerprint density at radius 2 is 2.13 bits per heavy atom. The fourth-order valence-electron chi connectivity index (χ4n) is 1.22. The number of rotatable bonds is 2. The quantitative estimate of drug-likeness (QED) is 0.789. The van der Waals surface area contributed by atoms with E-state index in [4.69, 9.17) is 15.9 Å². The van der Waals surface area contributed by atoms with Gasteiger partial charge in [0.25, 0.3) is 9.05 Å². The minimum Gasteiger partial charge on any atom is -0.207 e. The number of aryl methyl sites for hydroxylation is 1. The Balaban J connectivity index is 3.67. The molecule has 1 aromatic carbocycles. The Bertz CT molecular complexity index is 534. The van der Waals surface area contributed by atoms with E-state index in [2.05, 4.69) is 15.9 Å². The zero-order chi connectivity index (χ0) is 11.6. The smallest absolute Gasteiger partial charge is 0.207 e. The van der Waals surface area contributed by atoms with Crippen LogP contribution >= 0.6 is 26.6 Å². The highest BCUT2D eigenvalue weighted by Gasteiger charge is 2.20. The highest BCUT2D eigenvalue weighted by molar-refractivity contribution is 9.10. The van der Waals surface area contributed by atoms with Gasteiger partial charge in [0.15, 0.2) is 0 Å². The van der Waals surface area contributed by atoms with Gasteiger partial charge in [0.2, 0.25) is 0 Å². The summed E-state index contributed by atoms with van der Waals surface area (Å²) in [6.07, 6.45) is 0.533. The highest BCUT2D eigenvalue weighted by Crippen LogP contribution is 2.31. The van der Waals surface area contributed by atoms with Crippen LogP contribution < -0.4 is 0 Å². The number of nitrogens with zero attached hydrogens (tertiary/aromatic N) is 1. The molecule has 0 saturated heterocycles. The van der Waals surface area contributed by atoms with Gasteiger partial charge in [-0.1, -0.05) is 13.0 Å². The van der Waals surface area contributed by atoms with Gasteiger partial charge >= 0.3 is 0 Å². The summed E-state index contributed by atoms with van der Waals surface area (Å²) in [5.74, 6) is 0. The highest BCUT2D eigenvalue weighted by atomic mass is 79.9. The lowest BCUT2D eigenvalue weighted by Gasteiger charge is -2.07. The van der Waals surface area contributed by atoms with Crippen molar-refractivity contribution < 1.29 is 8.42 Å². The first-order valence-electron chi connectivity index (χ1n) is 4.08. The molecule has 0 aliphatic rings. The van der Waals surface area contributed by atoms with Gasteiger partial charge in [0, 0.05) is 10.7 Å². The Kier molecular flexibility index (Phi) is 3.77. The van der Waals surface area contributed by atoms with Crippen molar-refractivity contribution in [1.82, 2.24) is 0 Å². The summed E-state index contributed by atoms with van der Waals surface area (Å²) in [5, 5.41) is 8.75. The lowest BCUT2D eigenvalue weighted by atomic mass is 10.1. The van der Waals surface area contributed by atoms with Crippen molar-refractivity contribution in [2.75, 3.05) is 0 Å². The monoisotopic (exact) mass is 307 g/mol. The average Bonchev–Trinajstić information content (AvgIpc) is 2.15. The van der Waals surface area contributed by atoms with Crippen LogP contribution in [-0.2, 0) is 15.5 Å². The summed E-state index contributed by atoms with van der Waals surface area (Å²) in [6.45, 7) is 1.82. The minimum atomic E-state index is -3.83. The second-order valence-corrected chi connectivity index (χ2v) is 6.11. The molecule has 3 nitrogen and oxygen atoms in total. The first kappa shape index (κ1) is 12.5. The van der Waals surface area contributed by atoms with Crippen LogP contribution in [0, 0.1) is 11.3 Å². The van der Waals surface area contributed by atoms with Gasteiger partial charge in [-0.2, -0.15) is 5.26 Å². The van der Waals surface area contributed by atoms with Gasteiger partial charge in [-0.15, -0.1) is 0 Å². The summed E-state index contributed by atoms with van der Waals surface area (Å²) in [4.78, 5) is -0.00860. The molecule has 6 heteroatoms. The molecule has 0 aliphatic heterocycles. The van der Waals surface area contributed by atoms with E-state index in [1.807, 2.05) is 13.0 Å². The van der Waals surface area contributed by atoms with Crippen molar-refractivity contribution in [3.05, 3.63) is 27.7 Å². The maximum atomic E-state index is 11.3. The van der Waals surface area contributed by atoms with Crippen LogP contribution in [0.4, 0.5) is 0 Å². The standard InChI is InChI=1S/C9H7BrClNO2S/c1-2-6-3-4-7(5-12)8(10)9(6)15(11,13)14/h3-4H,2H2,1H3. The van der Waals surface area contributed by atoms with Crippen molar-refractivity contribution in [1.29, 1.82) is 5.26 Å². The van der Waals surface area contributed by atoms with Crippen LogP contribution in [0.1, 0.15) is 18.1 Å². The molecule has 0 unspecified atom stereocenters. The first-order valence-corrected chi connectivity index (χ1v) is 7.18. The third kappa shape index (κ3) is 2.51. The van der Waals surface area contributed by atoms with Crippen LogP contribution in [0.3, 0.4) is 0 Å². The third-order valence-electron chi connectivity index (χ3n) is 1.92. The first-order chi connectivity index (χ1) is 6.91. The van der Waals surface area contributed by atoms with E-state index in [1.165, 1.54) is 0 Å². The van der Waals surface area contributed by atoms with Gasteiger partial charge < -0.3 is 0 Å². The van der Waals surface area contributed by atoms with Gasteiger partial charge in [0.1, 0.15) is 11.0 Å². The molecule has 0 aliphatic carbocycles. The molecule has 0 saturated carbocycles. The SMILES string of the molecule is CCc1ccc(C#N)c(Br)c1S(=O)(=O)Cl. The number of benzene rings is 1. The molecule has 0 heterocycles. The number of nitriles is 1. The van der Waals surface area contributed by atoms with Crippen molar-refractivity contribution in [3.63, 3.8) is 0 Å². The van der Waals surface area contributed by atoms with E-state index >= 15 is 0 Å². The van der Waals surface area contributed by atoms with Crippen LogP contribution in [0.5, 0.6) is 0 Å². The Morgan fingerprint density at radius 1 is 1.53 bits per heavy atom. The summed E-state index contributed by atoms with van der Waals surface area (Å²) in [6, 6.07) is 5.05. The van der Waals surface area contributed by atoms with E-state index in [0.717, 1.165) is 0 Å². The molecule has 0 fully saturated rings. The van der Waals surface area contributed by atoms with Gasteiger partial charge in [0.05, 0.1) is 10.0 Å². The molecule has 0 aromatic heterocycles. The average molecular weight is 309 g/mol. The lowest BCUT2D eigenvalue weighted by molar-refractivity contribution is 0.608. The molecule has 0 atom stereocenters. The molecular formula is C9H7BrClNO2S. The molecule has 1 rings (SSSR count). The van der Waals surface area contributed by atoms with E-state index in [1.54, 1.807) is 12.1 Å². The maximum Gasteiger partial charge on any atom is 0.262 e. The number of halogens is 2. The molecule has 0 radical (unpaired) electrons. The largest absolute Gasteiger partial charge is 0.262 e. The van der Waals surface area contributed by atoms with Crippen molar-refractivity contribution in [2.24, 2.45) is 0 Å². The number of hydrogen-bond acceptors (Lipinski definition) is 3. The van der Waals surface area contributed by atoms with E-state index in [-0.39, 0.29) is 14.9 Å². The summed E-state index contributed by atoms with van der Waals surface area (Å²) in [7, 11) is 1.47. The summed E-state index contributed by atoms with van der Waals surface area (Å²) < 4.78 is 22.9. The molecule has 0 bridgehead atoms. The Morgan fingerprint density at radius 3 is 2.53 bits per heavy atom. The number of hydrogen-bond donors (Lipinski definition) is 0. The van der Waals surface area contributed by atoms with E-state index < -0.39 is 9.05 Å². The molecule has 1 aromatic rings. The van der Waals surface area contributed by atoms with Gasteiger partial charge in [-0.3, -0.25) is 0 Å². The van der Waals surface area contributed by atoms with Crippen LogP contribution in [0.2, 0.25) is 0 Å². The molecule has 0 N–H and O–H groups in total. The Labute approximate surface area is 101 Å². The second-order valence-electron chi connectivity index (χ2n) is 2.82. The van der Waals surface area contributed by atoms with Gasteiger partial charge in [-0.25, -0.2) is 8.42 Å². The topological polar surface area (TPSA) is 57.9 Å². The van der Waals surface area contributed by atoms with E-state index in [0.29, 0.717) is 12.0 Å². The van der Waals surface area contributed by atoms with Crippen LogP contribution in [0.15, 0.2) is 21.5 Å². The third-order valence-corrected chi connectivity index (χ3v) is 4.43.